The number of rotatable bonds is 8. The number of carbonyl (C=O) groups is 2. The van der Waals surface area contributed by atoms with Gasteiger partial charge >= 0.3 is 6.09 Å². The van der Waals surface area contributed by atoms with Crippen LogP contribution in [0.4, 0.5) is 4.79 Å². The Labute approximate surface area is 214 Å². The predicted molar refractivity (Wildman–Crippen MR) is 139 cm³/mol. The fraction of sp³-hybridized carbons (Fsp3) is 0.593. The third kappa shape index (κ3) is 7.71. The molecule has 3 rings (SSSR count). The molecule has 2 aliphatic rings. The van der Waals surface area contributed by atoms with E-state index in [9.17, 15) is 9.59 Å². The lowest BCUT2D eigenvalue weighted by Crippen LogP contribution is -2.49. The Morgan fingerprint density at radius 2 is 1.83 bits per heavy atom. The molecule has 0 aliphatic carbocycles. The van der Waals surface area contributed by atoms with Crippen molar-refractivity contribution in [3.05, 3.63) is 35.7 Å². The van der Waals surface area contributed by atoms with Crippen LogP contribution in [0, 0.1) is 0 Å². The number of amides is 2. The second-order valence-electron chi connectivity index (χ2n) is 10.3. The number of allylic oxidation sites excluding steroid dienone is 1. The van der Waals surface area contributed by atoms with Gasteiger partial charge in [-0.1, -0.05) is 6.07 Å². The summed E-state index contributed by atoms with van der Waals surface area (Å²) in [6.07, 6.45) is 2.94. The lowest BCUT2D eigenvalue weighted by atomic mass is 10.0. The first-order chi connectivity index (χ1) is 17.1. The zero-order chi connectivity index (χ0) is 26.3. The van der Waals surface area contributed by atoms with Crippen molar-refractivity contribution in [1.82, 2.24) is 14.7 Å². The quantitative estimate of drug-likeness (QED) is 0.501. The molecule has 36 heavy (non-hydrogen) atoms. The minimum absolute atomic E-state index is 0.0159. The van der Waals surface area contributed by atoms with E-state index >= 15 is 0 Å². The molecule has 2 aliphatic heterocycles. The smallest absolute Gasteiger partial charge is 0.410 e. The van der Waals surface area contributed by atoms with Gasteiger partial charge in [0.1, 0.15) is 18.8 Å². The number of benzene rings is 1. The number of carbonyl (C=O) groups excluding carboxylic acids is 2. The fourth-order valence-corrected chi connectivity index (χ4v) is 4.53. The average Bonchev–Trinajstić information content (AvgIpc) is 2.82. The van der Waals surface area contributed by atoms with E-state index in [1.165, 1.54) is 0 Å². The van der Waals surface area contributed by atoms with E-state index in [1.54, 1.807) is 18.0 Å². The maximum absolute atomic E-state index is 13.2. The van der Waals surface area contributed by atoms with Crippen molar-refractivity contribution in [2.75, 3.05) is 39.4 Å². The second-order valence-corrected chi connectivity index (χ2v) is 10.3. The van der Waals surface area contributed by atoms with Gasteiger partial charge in [0.2, 0.25) is 5.91 Å². The van der Waals surface area contributed by atoms with Crippen molar-refractivity contribution in [3.63, 3.8) is 0 Å². The van der Waals surface area contributed by atoms with Gasteiger partial charge in [0.15, 0.2) is 11.5 Å². The molecular formula is C27H40N4O5. The van der Waals surface area contributed by atoms with Crippen LogP contribution in [0.15, 0.2) is 35.1 Å². The Morgan fingerprint density at radius 3 is 2.44 bits per heavy atom. The van der Waals surface area contributed by atoms with Crippen LogP contribution < -0.4 is 9.47 Å². The van der Waals surface area contributed by atoms with Gasteiger partial charge in [0.25, 0.3) is 0 Å². The topological polar surface area (TPSA) is 83.9 Å². The molecule has 0 radical (unpaired) electrons. The monoisotopic (exact) mass is 500 g/mol. The van der Waals surface area contributed by atoms with Gasteiger partial charge in [-0.3, -0.25) is 9.79 Å². The van der Waals surface area contributed by atoms with Gasteiger partial charge in [-0.25, -0.2) is 4.79 Å². The molecule has 1 aromatic carbocycles. The maximum atomic E-state index is 13.2. The molecule has 1 aromatic rings. The minimum Gasteiger partial charge on any atom is -0.486 e. The van der Waals surface area contributed by atoms with E-state index in [4.69, 9.17) is 14.2 Å². The number of nitrogens with zero attached hydrogens (tertiary/aromatic N) is 4. The van der Waals surface area contributed by atoms with E-state index in [-0.39, 0.29) is 18.0 Å². The van der Waals surface area contributed by atoms with Gasteiger partial charge in [0.05, 0.1) is 0 Å². The predicted octanol–water partition coefficient (Wildman–Crippen LogP) is 4.07. The lowest BCUT2D eigenvalue weighted by molar-refractivity contribution is -0.127. The third-order valence-corrected chi connectivity index (χ3v) is 6.31. The Hall–Kier alpha value is -3.07. The molecule has 198 valence electrons. The highest BCUT2D eigenvalue weighted by Crippen LogP contribution is 2.32. The lowest BCUT2D eigenvalue weighted by Gasteiger charge is -2.39. The molecule has 2 heterocycles. The largest absolute Gasteiger partial charge is 0.486 e. The van der Waals surface area contributed by atoms with Gasteiger partial charge in [-0.2, -0.15) is 0 Å². The minimum atomic E-state index is -0.579. The zero-order valence-electron chi connectivity index (χ0n) is 22.3. The number of aliphatic imine (C=N–C) groups is 1. The molecule has 0 spiro atoms. The molecule has 1 fully saturated rings. The van der Waals surface area contributed by atoms with Crippen LogP contribution in [0.25, 0.3) is 0 Å². The summed E-state index contributed by atoms with van der Waals surface area (Å²) in [4.78, 5) is 35.0. The Bertz CT molecular complexity index is 963. The number of piperidine rings is 1. The molecule has 9 nitrogen and oxygen atoms in total. The number of hydrogen-bond acceptors (Lipinski definition) is 7. The first-order valence-electron chi connectivity index (χ1n) is 12.6. The normalized spacial score (nSPS) is 16.9. The van der Waals surface area contributed by atoms with Gasteiger partial charge in [-0.15, -0.1) is 0 Å². The second kappa shape index (κ2) is 12.3. The van der Waals surface area contributed by atoms with Crippen molar-refractivity contribution >= 4 is 18.7 Å². The van der Waals surface area contributed by atoms with Crippen LogP contribution in [0.2, 0.25) is 0 Å². The van der Waals surface area contributed by atoms with Crippen LogP contribution in [0.5, 0.6) is 11.5 Å². The molecule has 9 heteroatoms. The highest BCUT2D eigenvalue weighted by Gasteiger charge is 2.31. The molecule has 0 saturated carbocycles. The van der Waals surface area contributed by atoms with E-state index in [2.05, 4.69) is 16.6 Å². The van der Waals surface area contributed by atoms with Crippen molar-refractivity contribution in [3.8, 4) is 11.5 Å². The van der Waals surface area contributed by atoms with Gasteiger partial charge < -0.3 is 28.9 Å². The Morgan fingerprint density at radius 1 is 1.17 bits per heavy atom. The molecule has 0 aromatic heterocycles. The summed E-state index contributed by atoms with van der Waals surface area (Å²) in [6.45, 7) is 17.0. The molecule has 0 atom stereocenters. The van der Waals surface area contributed by atoms with E-state index in [0.717, 1.165) is 49.5 Å². The molecule has 2 amide bonds. The number of ether oxygens (including phenoxy) is 3. The van der Waals surface area contributed by atoms with E-state index in [1.807, 2.05) is 50.8 Å². The van der Waals surface area contributed by atoms with Crippen molar-refractivity contribution in [1.29, 1.82) is 0 Å². The van der Waals surface area contributed by atoms with Crippen LogP contribution in [-0.2, 0) is 16.1 Å². The molecule has 0 N–H and O–H groups in total. The Kier molecular flexibility index (Phi) is 9.37. The van der Waals surface area contributed by atoms with Gasteiger partial charge in [0, 0.05) is 57.6 Å². The summed E-state index contributed by atoms with van der Waals surface area (Å²) in [5, 5.41) is 0. The summed E-state index contributed by atoms with van der Waals surface area (Å²) in [7, 11) is 0. The van der Waals surface area contributed by atoms with Crippen molar-refractivity contribution < 1.29 is 23.8 Å². The Balaban J connectivity index is 1.65. The van der Waals surface area contributed by atoms with Crippen LogP contribution in [0.1, 0.15) is 53.0 Å². The summed E-state index contributed by atoms with van der Waals surface area (Å²) >= 11 is 0. The van der Waals surface area contributed by atoms with Crippen LogP contribution in [0.3, 0.4) is 0 Å². The summed E-state index contributed by atoms with van der Waals surface area (Å²) in [5.74, 6) is 1.43. The number of hydrogen-bond donors (Lipinski definition) is 0. The van der Waals surface area contributed by atoms with Gasteiger partial charge in [-0.05, 0) is 65.0 Å². The highest BCUT2D eigenvalue weighted by atomic mass is 16.6. The van der Waals surface area contributed by atoms with E-state index < -0.39 is 5.60 Å². The molecule has 1 saturated heterocycles. The third-order valence-electron chi connectivity index (χ3n) is 6.31. The van der Waals surface area contributed by atoms with Crippen molar-refractivity contribution in [2.45, 2.75) is 65.6 Å². The first-order valence-corrected chi connectivity index (χ1v) is 12.6. The molecule has 0 bridgehead atoms. The average molecular weight is 501 g/mol. The van der Waals surface area contributed by atoms with Crippen LogP contribution >= 0.6 is 0 Å². The fourth-order valence-electron chi connectivity index (χ4n) is 4.53. The molecular weight excluding hydrogens is 460 g/mol. The highest BCUT2D eigenvalue weighted by molar-refractivity contribution is 5.75. The summed E-state index contributed by atoms with van der Waals surface area (Å²) in [6, 6.07) is 5.88. The first kappa shape index (κ1) is 27.5. The number of likely N-dealkylation sites (tertiary alicyclic amines) is 1. The standard InChI is InChI=1S/C27H40N4O5/c1-20(18-28-6)30(21(2)32)14-13-29-11-9-23(10-12-29)31(26(33)36-27(3,4)5)19-22-7-8-24-25(17-22)35-16-15-34-24/h7-8,17-18,23H,6,9-16,19H2,1-5H3/b20-18+. The maximum Gasteiger partial charge on any atom is 0.410 e. The van der Waals surface area contributed by atoms with Crippen LogP contribution in [-0.4, -0.2) is 84.5 Å². The number of fused-ring (bicyclic) bond motifs is 1. The SMILES string of the molecule is C=N/C=C(\C)N(CCN1CCC(N(Cc2ccc3c(c2)OCCO3)C(=O)OC(C)(C)C)CC1)C(C)=O. The summed E-state index contributed by atoms with van der Waals surface area (Å²) < 4.78 is 17.1. The zero-order valence-corrected chi connectivity index (χ0v) is 22.3. The van der Waals surface area contributed by atoms with E-state index in [0.29, 0.717) is 32.1 Å². The summed E-state index contributed by atoms with van der Waals surface area (Å²) in [5.41, 5.74) is 1.18. The van der Waals surface area contributed by atoms with Crippen molar-refractivity contribution in [2.24, 2.45) is 4.99 Å². The molecule has 0 unspecified atom stereocenters.